The van der Waals surface area contributed by atoms with Gasteiger partial charge in [-0.15, -0.1) is 0 Å². The van der Waals surface area contributed by atoms with Crippen molar-refractivity contribution < 1.29 is 5.11 Å². The van der Waals surface area contributed by atoms with E-state index in [4.69, 9.17) is 0 Å². The zero-order valence-corrected chi connectivity index (χ0v) is 12.0. The van der Waals surface area contributed by atoms with Crippen molar-refractivity contribution >= 4 is 0 Å². The van der Waals surface area contributed by atoms with Crippen molar-refractivity contribution in [2.75, 3.05) is 0 Å². The summed E-state index contributed by atoms with van der Waals surface area (Å²) in [6.45, 7) is 1.85. The molecule has 0 spiro atoms. The summed E-state index contributed by atoms with van der Waals surface area (Å²) in [4.78, 5) is 8.49. The molecular weight excluding hydrogens is 248 g/mol. The molecule has 1 aromatic carbocycles. The summed E-state index contributed by atoms with van der Waals surface area (Å²) >= 11 is 0. The van der Waals surface area contributed by atoms with E-state index >= 15 is 0 Å². The fraction of sp³-hybridized carbons (Fsp3) is 0.412. The predicted molar refractivity (Wildman–Crippen MR) is 81.3 cm³/mol. The maximum Gasteiger partial charge on any atom is 0.159 e. The maximum atomic E-state index is 9.20. The van der Waals surface area contributed by atoms with Crippen LogP contribution in [0.3, 0.4) is 0 Å². The Hall–Kier alpha value is -1.74. The van der Waals surface area contributed by atoms with Gasteiger partial charge in [0.1, 0.15) is 0 Å². The third-order valence-corrected chi connectivity index (χ3v) is 3.37. The number of aryl methyl sites for hydroxylation is 1. The van der Waals surface area contributed by atoms with E-state index in [0.29, 0.717) is 0 Å². The van der Waals surface area contributed by atoms with Crippen LogP contribution in [0, 0.1) is 0 Å². The van der Waals surface area contributed by atoms with Gasteiger partial charge in [-0.25, -0.2) is 9.97 Å². The third kappa shape index (κ3) is 4.74. The number of aromatic nitrogens is 2. The van der Waals surface area contributed by atoms with Crippen LogP contribution in [-0.2, 0) is 6.42 Å². The standard InChI is InChI=1S/C17H22N2O/c1-14(20)6-3-2-4-7-15-8-10-16(11-9-15)17-18-12-5-13-19-17/h5,8-14,20H,2-4,6-7H2,1H3. The van der Waals surface area contributed by atoms with Crippen molar-refractivity contribution in [3.8, 4) is 11.4 Å². The van der Waals surface area contributed by atoms with E-state index in [0.717, 1.165) is 30.7 Å². The normalized spacial score (nSPS) is 12.3. The first kappa shape index (κ1) is 14.7. The highest BCUT2D eigenvalue weighted by atomic mass is 16.3. The summed E-state index contributed by atoms with van der Waals surface area (Å²) in [5, 5.41) is 9.20. The molecule has 2 aromatic rings. The number of benzene rings is 1. The van der Waals surface area contributed by atoms with Crippen molar-refractivity contribution in [1.29, 1.82) is 0 Å². The van der Waals surface area contributed by atoms with Crippen LogP contribution in [0.4, 0.5) is 0 Å². The first-order valence-corrected chi connectivity index (χ1v) is 7.30. The Balaban J connectivity index is 1.80. The fourth-order valence-electron chi connectivity index (χ4n) is 2.21. The number of aliphatic hydroxyl groups is 1. The Morgan fingerprint density at radius 3 is 2.35 bits per heavy atom. The fourth-order valence-corrected chi connectivity index (χ4v) is 2.21. The lowest BCUT2D eigenvalue weighted by atomic mass is 10.0. The van der Waals surface area contributed by atoms with Crippen molar-refractivity contribution in [2.45, 2.75) is 45.1 Å². The average Bonchev–Trinajstić information content (AvgIpc) is 2.48. The second-order valence-electron chi connectivity index (χ2n) is 5.22. The van der Waals surface area contributed by atoms with E-state index < -0.39 is 0 Å². The molecule has 3 nitrogen and oxygen atoms in total. The molecule has 0 fully saturated rings. The summed E-state index contributed by atoms with van der Waals surface area (Å²) in [5.74, 6) is 0.774. The average molecular weight is 270 g/mol. The van der Waals surface area contributed by atoms with Gasteiger partial charge in [0, 0.05) is 18.0 Å². The lowest BCUT2D eigenvalue weighted by molar-refractivity contribution is 0.180. The van der Waals surface area contributed by atoms with Crippen LogP contribution in [-0.4, -0.2) is 21.2 Å². The maximum absolute atomic E-state index is 9.20. The number of unbranched alkanes of at least 4 members (excludes halogenated alkanes) is 2. The van der Waals surface area contributed by atoms with Gasteiger partial charge in [0.15, 0.2) is 5.82 Å². The highest BCUT2D eigenvalue weighted by Gasteiger charge is 2.00. The summed E-state index contributed by atoms with van der Waals surface area (Å²) in [6, 6.07) is 10.3. The number of aliphatic hydroxyl groups excluding tert-OH is 1. The molecule has 1 N–H and O–H groups in total. The van der Waals surface area contributed by atoms with Crippen LogP contribution in [0.15, 0.2) is 42.7 Å². The van der Waals surface area contributed by atoms with Crippen molar-refractivity contribution in [2.24, 2.45) is 0 Å². The van der Waals surface area contributed by atoms with Gasteiger partial charge in [-0.1, -0.05) is 37.1 Å². The number of hydrogen-bond acceptors (Lipinski definition) is 3. The second-order valence-corrected chi connectivity index (χ2v) is 5.22. The second kappa shape index (κ2) is 7.75. The van der Waals surface area contributed by atoms with Gasteiger partial charge >= 0.3 is 0 Å². The minimum absolute atomic E-state index is 0.167. The zero-order valence-electron chi connectivity index (χ0n) is 12.0. The number of nitrogens with zero attached hydrogens (tertiary/aromatic N) is 2. The Morgan fingerprint density at radius 1 is 1.00 bits per heavy atom. The third-order valence-electron chi connectivity index (χ3n) is 3.37. The number of rotatable bonds is 7. The molecule has 1 aromatic heterocycles. The summed E-state index contributed by atoms with van der Waals surface area (Å²) in [5.41, 5.74) is 2.41. The molecular formula is C17H22N2O. The molecule has 20 heavy (non-hydrogen) atoms. The molecule has 0 amide bonds. The van der Waals surface area contributed by atoms with E-state index in [2.05, 4.69) is 34.2 Å². The lowest BCUT2D eigenvalue weighted by Gasteiger charge is -2.05. The Morgan fingerprint density at radius 2 is 1.70 bits per heavy atom. The van der Waals surface area contributed by atoms with Crippen LogP contribution in [0.2, 0.25) is 0 Å². The van der Waals surface area contributed by atoms with Crippen LogP contribution in [0.5, 0.6) is 0 Å². The molecule has 1 atom stereocenters. The van der Waals surface area contributed by atoms with Gasteiger partial charge < -0.3 is 5.11 Å². The monoisotopic (exact) mass is 270 g/mol. The molecule has 0 aliphatic carbocycles. The first-order valence-electron chi connectivity index (χ1n) is 7.30. The highest BCUT2D eigenvalue weighted by molar-refractivity contribution is 5.54. The van der Waals surface area contributed by atoms with Gasteiger partial charge in [0.05, 0.1) is 6.10 Å². The molecule has 3 heteroatoms. The summed E-state index contributed by atoms with van der Waals surface area (Å²) in [6.07, 6.45) is 8.81. The Bertz CT molecular complexity index is 494. The molecule has 0 radical (unpaired) electrons. The SMILES string of the molecule is CC(O)CCCCCc1ccc(-c2ncccn2)cc1. The Labute approximate surface area is 120 Å². The number of hydrogen-bond donors (Lipinski definition) is 1. The summed E-state index contributed by atoms with van der Waals surface area (Å²) in [7, 11) is 0. The van der Waals surface area contributed by atoms with Crippen molar-refractivity contribution in [3.63, 3.8) is 0 Å². The van der Waals surface area contributed by atoms with Gasteiger partial charge in [0.25, 0.3) is 0 Å². The van der Waals surface area contributed by atoms with Gasteiger partial charge in [-0.05, 0) is 37.8 Å². The molecule has 1 heterocycles. The quantitative estimate of drug-likeness (QED) is 0.781. The molecule has 0 saturated heterocycles. The topological polar surface area (TPSA) is 46.0 Å². The molecule has 0 saturated carbocycles. The van der Waals surface area contributed by atoms with E-state index in [1.807, 2.05) is 13.0 Å². The van der Waals surface area contributed by atoms with Gasteiger partial charge in [0.2, 0.25) is 0 Å². The van der Waals surface area contributed by atoms with Gasteiger partial charge in [-0.2, -0.15) is 0 Å². The van der Waals surface area contributed by atoms with Crippen molar-refractivity contribution in [1.82, 2.24) is 9.97 Å². The predicted octanol–water partition coefficient (Wildman–Crippen LogP) is 3.63. The molecule has 0 aliphatic heterocycles. The van der Waals surface area contributed by atoms with Gasteiger partial charge in [-0.3, -0.25) is 0 Å². The largest absolute Gasteiger partial charge is 0.393 e. The highest BCUT2D eigenvalue weighted by Crippen LogP contribution is 2.16. The van der Waals surface area contributed by atoms with Crippen molar-refractivity contribution in [3.05, 3.63) is 48.3 Å². The minimum atomic E-state index is -0.167. The van der Waals surface area contributed by atoms with Crippen LogP contribution in [0.25, 0.3) is 11.4 Å². The zero-order chi connectivity index (χ0) is 14.2. The van der Waals surface area contributed by atoms with E-state index in [9.17, 15) is 5.11 Å². The molecule has 1 unspecified atom stereocenters. The molecule has 0 bridgehead atoms. The first-order chi connectivity index (χ1) is 9.75. The Kier molecular flexibility index (Phi) is 5.69. The summed E-state index contributed by atoms with van der Waals surface area (Å²) < 4.78 is 0. The van der Waals surface area contributed by atoms with E-state index in [1.54, 1.807) is 12.4 Å². The van der Waals surface area contributed by atoms with Crippen LogP contribution < -0.4 is 0 Å². The molecule has 106 valence electrons. The van der Waals surface area contributed by atoms with E-state index in [-0.39, 0.29) is 6.10 Å². The smallest absolute Gasteiger partial charge is 0.159 e. The van der Waals surface area contributed by atoms with Crippen LogP contribution >= 0.6 is 0 Å². The molecule has 0 aliphatic rings. The van der Waals surface area contributed by atoms with Crippen LogP contribution in [0.1, 0.15) is 38.2 Å². The molecule has 2 rings (SSSR count). The van der Waals surface area contributed by atoms with E-state index in [1.165, 1.54) is 18.4 Å². The lowest BCUT2D eigenvalue weighted by Crippen LogP contribution is -1.98. The minimum Gasteiger partial charge on any atom is -0.393 e.